The molecule has 1 amide bonds. The largest absolute Gasteiger partial charge is 0.310 e. The molecule has 3 aromatic heterocycles. The molecule has 1 aliphatic rings. The lowest BCUT2D eigenvalue weighted by molar-refractivity contribution is -0.121. The monoisotopic (exact) mass is 507 g/mol. The van der Waals surface area contributed by atoms with E-state index in [1.807, 2.05) is 61.7 Å². The summed E-state index contributed by atoms with van der Waals surface area (Å²) in [4.78, 5) is 34.6. The van der Waals surface area contributed by atoms with Gasteiger partial charge in [0.2, 0.25) is 11.9 Å². The van der Waals surface area contributed by atoms with Crippen LogP contribution in [-0.2, 0) is 10.2 Å². The highest BCUT2D eigenvalue weighted by atomic mass is 35.5. The Kier molecular flexibility index (Phi) is 6.34. The number of aromatic nitrogens is 4. The van der Waals surface area contributed by atoms with Crippen molar-refractivity contribution in [3.63, 3.8) is 0 Å². The fraction of sp³-hybridized carbons (Fsp3) is 0.308. The minimum atomic E-state index is -0.649. The van der Waals surface area contributed by atoms with Crippen molar-refractivity contribution in [3.05, 3.63) is 80.5 Å². The van der Waals surface area contributed by atoms with E-state index in [2.05, 4.69) is 15.3 Å². The molecule has 1 saturated carbocycles. The summed E-state index contributed by atoms with van der Waals surface area (Å²) >= 11 is 7.67. The standard InChI is InChI=1S/C26H26ClN5O2S/c1-16(2)19-15-23(33)30-25(28-19)32-22(14-20(31-32)21-6-5-13-35-21)29-24(34)26(11-3-4-12-26)17-7-9-18(27)10-8-17/h5-10,13-16H,3-4,11-12H2,1-2H3,(H,29,34)(H,28,30,33). The summed E-state index contributed by atoms with van der Waals surface area (Å²) in [5, 5.41) is 10.5. The van der Waals surface area contributed by atoms with E-state index in [1.54, 1.807) is 11.3 Å². The van der Waals surface area contributed by atoms with E-state index >= 15 is 0 Å². The van der Waals surface area contributed by atoms with Crippen LogP contribution in [0.5, 0.6) is 0 Å². The number of amides is 1. The quantitative estimate of drug-likeness (QED) is 0.339. The molecule has 35 heavy (non-hydrogen) atoms. The summed E-state index contributed by atoms with van der Waals surface area (Å²) in [5.41, 5.74) is 1.39. The zero-order valence-corrected chi connectivity index (χ0v) is 21.1. The van der Waals surface area contributed by atoms with Crippen molar-refractivity contribution in [2.45, 2.75) is 50.9 Å². The van der Waals surface area contributed by atoms with Crippen LogP contribution in [0.25, 0.3) is 16.5 Å². The van der Waals surface area contributed by atoms with Crippen LogP contribution in [0, 0.1) is 0 Å². The summed E-state index contributed by atoms with van der Waals surface area (Å²) in [6.07, 6.45) is 3.46. The Morgan fingerprint density at radius 3 is 2.57 bits per heavy atom. The number of carbonyl (C=O) groups is 1. The first-order chi connectivity index (χ1) is 16.9. The summed E-state index contributed by atoms with van der Waals surface area (Å²) < 4.78 is 1.52. The number of thiophene rings is 1. The molecule has 0 radical (unpaired) electrons. The third-order valence-corrected chi connectivity index (χ3v) is 7.70. The Bertz CT molecular complexity index is 1400. The molecule has 4 aromatic rings. The second kappa shape index (κ2) is 9.43. The van der Waals surface area contributed by atoms with E-state index in [4.69, 9.17) is 16.7 Å². The zero-order valence-electron chi connectivity index (χ0n) is 19.5. The Morgan fingerprint density at radius 1 is 1.17 bits per heavy atom. The van der Waals surface area contributed by atoms with E-state index in [0.29, 0.717) is 22.2 Å². The maximum absolute atomic E-state index is 13.9. The molecule has 180 valence electrons. The molecule has 0 saturated heterocycles. The van der Waals surface area contributed by atoms with Gasteiger partial charge in [-0.05, 0) is 47.9 Å². The topological polar surface area (TPSA) is 92.7 Å². The first-order valence-corrected chi connectivity index (χ1v) is 12.9. The fourth-order valence-corrected chi connectivity index (χ4v) is 5.47. The third kappa shape index (κ3) is 4.56. The molecule has 3 heterocycles. The van der Waals surface area contributed by atoms with Gasteiger partial charge in [0.05, 0.1) is 16.0 Å². The average molecular weight is 508 g/mol. The van der Waals surface area contributed by atoms with Gasteiger partial charge in [-0.2, -0.15) is 9.78 Å². The van der Waals surface area contributed by atoms with Gasteiger partial charge in [0, 0.05) is 17.2 Å². The second-order valence-corrected chi connectivity index (χ2v) is 10.6. The Morgan fingerprint density at radius 2 is 1.91 bits per heavy atom. The van der Waals surface area contributed by atoms with Crippen LogP contribution in [0.1, 0.15) is 56.7 Å². The molecule has 5 rings (SSSR count). The lowest BCUT2D eigenvalue weighted by Crippen LogP contribution is -2.38. The Hall–Kier alpha value is -3.23. The Balaban J connectivity index is 1.58. The van der Waals surface area contributed by atoms with Crippen LogP contribution in [0.3, 0.4) is 0 Å². The van der Waals surface area contributed by atoms with Gasteiger partial charge in [-0.25, -0.2) is 4.98 Å². The van der Waals surface area contributed by atoms with Crippen molar-refractivity contribution < 1.29 is 4.79 Å². The molecule has 7 nitrogen and oxygen atoms in total. The summed E-state index contributed by atoms with van der Waals surface area (Å²) in [5.74, 6) is 0.695. The van der Waals surface area contributed by atoms with Gasteiger partial charge >= 0.3 is 0 Å². The number of hydrogen-bond acceptors (Lipinski definition) is 5. The number of H-pyrrole nitrogens is 1. The molecule has 2 N–H and O–H groups in total. The van der Waals surface area contributed by atoms with Crippen molar-refractivity contribution in [3.8, 4) is 16.5 Å². The van der Waals surface area contributed by atoms with Crippen LogP contribution in [0.2, 0.25) is 5.02 Å². The average Bonchev–Trinajstić information content (AvgIpc) is 3.60. The third-order valence-electron chi connectivity index (χ3n) is 6.55. The molecule has 1 fully saturated rings. The van der Waals surface area contributed by atoms with Crippen LogP contribution in [0.15, 0.2) is 58.7 Å². The highest BCUT2D eigenvalue weighted by molar-refractivity contribution is 7.13. The number of nitrogens with zero attached hydrogens (tertiary/aromatic N) is 3. The van der Waals surface area contributed by atoms with E-state index < -0.39 is 5.41 Å². The van der Waals surface area contributed by atoms with Crippen molar-refractivity contribution in [2.24, 2.45) is 0 Å². The minimum absolute atomic E-state index is 0.0630. The van der Waals surface area contributed by atoms with Gasteiger partial charge in [0.15, 0.2) is 0 Å². The molecular weight excluding hydrogens is 482 g/mol. The number of nitrogens with one attached hydrogen (secondary N) is 2. The second-order valence-electron chi connectivity index (χ2n) is 9.20. The number of rotatable bonds is 6. The molecule has 0 spiro atoms. The van der Waals surface area contributed by atoms with E-state index in [1.165, 1.54) is 10.7 Å². The van der Waals surface area contributed by atoms with Crippen LogP contribution in [-0.4, -0.2) is 25.7 Å². The van der Waals surface area contributed by atoms with Gasteiger partial charge in [-0.3, -0.25) is 14.6 Å². The predicted molar refractivity (Wildman–Crippen MR) is 140 cm³/mol. The first-order valence-electron chi connectivity index (χ1n) is 11.7. The molecule has 1 aromatic carbocycles. The highest BCUT2D eigenvalue weighted by Crippen LogP contribution is 2.42. The van der Waals surface area contributed by atoms with E-state index in [0.717, 1.165) is 36.1 Å². The maximum atomic E-state index is 13.9. The van der Waals surface area contributed by atoms with Gasteiger partial charge in [-0.1, -0.05) is 56.5 Å². The number of aromatic amines is 1. The van der Waals surface area contributed by atoms with Crippen molar-refractivity contribution in [1.82, 2.24) is 19.7 Å². The highest BCUT2D eigenvalue weighted by Gasteiger charge is 2.43. The van der Waals surface area contributed by atoms with Gasteiger partial charge in [0.1, 0.15) is 11.5 Å². The summed E-state index contributed by atoms with van der Waals surface area (Å²) in [6.45, 7) is 3.95. The number of carbonyl (C=O) groups excluding carboxylic acids is 1. The summed E-state index contributed by atoms with van der Waals surface area (Å²) in [6, 6.07) is 14.8. The van der Waals surface area contributed by atoms with Gasteiger partial charge < -0.3 is 5.32 Å². The van der Waals surface area contributed by atoms with Gasteiger partial charge in [0.25, 0.3) is 5.56 Å². The molecule has 0 aliphatic heterocycles. The van der Waals surface area contributed by atoms with E-state index in [9.17, 15) is 9.59 Å². The predicted octanol–water partition coefficient (Wildman–Crippen LogP) is 5.91. The first kappa shape index (κ1) is 23.5. The number of anilines is 1. The molecule has 0 atom stereocenters. The normalized spacial score (nSPS) is 15.0. The lowest BCUT2D eigenvalue weighted by atomic mass is 9.78. The lowest BCUT2D eigenvalue weighted by Gasteiger charge is -2.28. The number of halogens is 1. The van der Waals surface area contributed by atoms with E-state index in [-0.39, 0.29) is 23.3 Å². The number of hydrogen-bond donors (Lipinski definition) is 2. The van der Waals surface area contributed by atoms with Gasteiger partial charge in [-0.15, -0.1) is 11.3 Å². The Labute approximate surface area is 212 Å². The minimum Gasteiger partial charge on any atom is -0.310 e. The SMILES string of the molecule is CC(C)c1cc(=O)[nH]c(-n2nc(-c3cccs3)cc2NC(=O)C2(c3ccc(Cl)cc3)CCCC2)n1. The number of benzene rings is 1. The molecule has 0 bridgehead atoms. The van der Waals surface area contributed by atoms with Crippen LogP contribution < -0.4 is 10.9 Å². The zero-order chi connectivity index (χ0) is 24.6. The fourth-order valence-electron chi connectivity index (χ4n) is 4.67. The van der Waals surface area contributed by atoms with Crippen LogP contribution in [0.4, 0.5) is 5.82 Å². The van der Waals surface area contributed by atoms with Crippen molar-refractivity contribution in [1.29, 1.82) is 0 Å². The molecule has 9 heteroatoms. The van der Waals surface area contributed by atoms with Crippen molar-refractivity contribution in [2.75, 3.05) is 5.32 Å². The molecule has 0 unspecified atom stereocenters. The van der Waals surface area contributed by atoms with Crippen LogP contribution >= 0.6 is 22.9 Å². The molecule has 1 aliphatic carbocycles. The molecular formula is C26H26ClN5O2S. The van der Waals surface area contributed by atoms with Crippen molar-refractivity contribution >= 4 is 34.7 Å². The summed E-state index contributed by atoms with van der Waals surface area (Å²) in [7, 11) is 0. The smallest absolute Gasteiger partial charge is 0.252 e. The maximum Gasteiger partial charge on any atom is 0.252 e.